The lowest BCUT2D eigenvalue weighted by atomic mass is 9.92. The summed E-state index contributed by atoms with van der Waals surface area (Å²) < 4.78 is 32.3. The number of carbonyl (C=O) groups is 1. The highest BCUT2D eigenvalue weighted by atomic mass is 19.1. The van der Waals surface area contributed by atoms with E-state index < -0.39 is 29.8 Å². The van der Waals surface area contributed by atoms with E-state index in [1.165, 1.54) is 35.1 Å². The van der Waals surface area contributed by atoms with Gasteiger partial charge in [-0.3, -0.25) is 4.79 Å². The van der Waals surface area contributed by atoms with Gasteiger partial charge >= 0.3 is 5.97 Å². The maximum Gasteiger partial charge on any atom is 0.308 e. The number of tetrazole rings is 1. The SMILES string of the molecule is CCOC(=O)CC(O)CC(O)C=CC(=C(c1ccc(F)cc1)c1ccc(F)cc1)c1nnn(C(C)C)n1. The fraction of sp³-hybridized carbons (Fsp3) is 0.333. The Labute approximate surface area is 213 Å². The molecule has 0 aliphatic rings. The number of halogens is 2. The molecule has 1 aromatic heterocycles. The molecule has 2 N–H and O–H groups in total. The van der Waals surface area contributed by atoms with Gasteiger partial charge in [-0.25, -0.2) is 8.78 Å². The van der Waals surface area contributed by atoms with Gasteiger partial charge in [-0.1, -0.05) is 36.4 Å². The number of nitrogens with zero attached hydrogens (tertiary/aromatic N) is 4. The molecule has 196 valence electrons. The molecule has 0 fully saturated rings. The highest BCUT2D eigenvalue weighted by Crippen LogP contribution is 2.32. The maximum absolute atomic E-state index is 13.7. The van der Waals surface area contributed by atoms with Crippen LogP contribution in [0, 0.1) is 11.6 Å². The first-order valence-electron chi connectivity index (χ1n) is 11.9. The zero-order valence-electron chi connectivity index (χ0n) is 20.9. The van der Waals surface area contributed by atoms with Crippen molar-refractivity contribution in [2.24, 2.45) is 0 Å². The van der Waals surface area contributed by atoms with Crippen molar-refractivity contribution < 1.29 is 28.5 Å². The van der Waals surface area contributed by atoms with Gasteiger partial charge < -0.3 is 14.9 Å². The van der Waals surface area contributed by atoms with Crippen molar-refractivity contribution in [3.8, 4) is 0 Å². The number of aliphatic hydroxyl groups excluding tert-OH is 2. The molecule has 3 rings (SSSR count). The first-order chi connectivity index (χ1) is 17.7. The van der Waals surface area contributed by atoms with Crippen LogP contribution in [-0.4, -0.2) is 55.2 Å². The number of ether oxygens (including phenoxy) is 1. The van der Waals surface area contributed by atoms with E-state index >= 15 is 0 Å². The lowest BCUT2D eigenvalue weighted by Crippen LogP contribution is -2.20. The van der Waals surface area contributed by atoms with Gasteiger partial charge in [0.25, 0.3) is 0 Å². The molecule has 0 aliphatic heterocycles. The van der Waals surface area contributed by atoms with Crippen molar-refractivity contribution in [1.82, 2.24) is 20.2 Å². The number of hydrogen-bond donors (Lipinski definition) is 2. The number of aromatic nitrogens is 4. The summed E-state index contributed by atoms with van der Waals surface area (Å²) in [6, 6.07) is 11.5. The van der Waals surface area contributed by atoms with Crippen LogP contribution >= 0.6 is 0 Å². The average Bonchev–Trinajstić information content (AvgIpc) is 3.34. The summed E-state index contributed by atoms with van der Waals surface area (Å²) in [6.07, 6.45) is 0.416. The molecular weight excluding hydrogens is 482 g/mol. The van der Waals surface area contributed by atoms with Crippen LogP contribution in [0.25, 0.3) is 11.1 Å². The molecule has 0 saturated heterocycles. The van der Waals surface area contributed by atoms with Gasteiger partial charge in [-0.05, 0) is 61.4 Å². The molecule has 2 unspecified atom stereocenters. The quantitative estimate of drug-likeness (QED) is 0.294. The smallest absolute Gasteiger partial charge is 0.308 e. The first kappa shape index (κ1) is 27.8. The summed E-state index contributed by atoms with van der Waals surface area (Å²) in [5.74, 6) is -1.17. The first-order valence-corrected chi connectivity index (χ1v) is 11.9. The summed E-state index contributed by atoms with van der Waals surface area (Å²) in [4.78, 5) is 13.1. The summed E-state index contributed by atoms with van der Waals surface area (Å²) in [5, 5.41) is 33.5. The number of aliphatic hydroxyl groups is 2. The second-order valence-electron chi connectivity index (χ2n) is 8.65. The molecule has 0 spiro atoms. The normalized spacial score (nSPS) is 13.1. The molecule has 37 heavy (non-hydrogen) atoms. The van der Waals surface area contributed by atoms with E-state index in [0.717, 1.165) is 0 Å². The van der Waals surface area contributed by atoms with E-state index in [0.29, 0.717) is 22.3 Å². The Morgan fingerprint density at radius 1 is 1.03 bits per heavy atom. The average molecular weight is 513 g/mol. The predicted octanol–water partition coefficient (Wildman–Crippen LogP) is 4.11. The zero-order valence-corrected chi connectivity index (χ0v) is 20.9. The highest BCUT2D eigenvalue weighted by molar-refractivity contribution is 6.00. The molecule has 2 atom stereocenters. The van der Waals surface area contributed by atoms with E-state index in [1.54, 1.807) is 37.3 Å². The largest absolute Gasteiger partial charge is 0.466 e. The fourth-order valence-corrected chi connectivity index (χ4v) is 3.59. The Morgan fingerprint density at radius 3 is 2.08 bits per heavy atom. The lowest BCUT2D eigenvalue weighted by Gasteiger charge is -2.14. The minimum atomic E-state index is -1.12. The van der Waals surface area contributed by atoms with Crippen LogP contribution in [0.2, 0.25) is 0 Å². The van der Waals surface area contributed by atoms with Crippen molar-refractivity contribution in [2.45, 2.75) is 51.9 Å². The molecule has 3 aromatic rings. The monoisotopic (exact) mass is 512 g/mol. The highest BCUT2D eigenvalue weighted by Gasteiger charge is 2.19. The molecule has 1 heterocycles. The van der Waals surface area contributed by atoms with Gasteiger partial charge in [0.1, 0.15) is 11.6 Å². The summed E-state index contributed by atoms with van der Waals surface area (Å²) in [7, 11) is 0. The molecule has 0 aliphatic carbocycles. The second-order valence-corrected chi connectivity index (χ2v) is 8.65. The number of rotatable bonds is 11. The Bertz CT molecular complexity index is 1190. The third kappa shape index (κ3) is 7.86. The van der Waals surface area contributed by atoms with Crippen LogP contribution in [0.5, 0.6) is 0 Å². The van der Waals surface area contributed by atoms with Gasteiger partial charge in [0.2, 0.25) is 5.82 Å². The minimum Gasteiger partial charge on any atom is -0.466 e. The van der Waals surface area contributed by atoms with E-state index in [9.17, 15) is 23.8 Å². The van der Waals surface area contributed by atoms with E-state index in [2.05, 4.69) is 15.4 Å². The van der Waals surface area contributed by atoms with Crippen molar-refractivity contribution in [1.29, 1.82) is 0 Å². The molecule has 10 heteroatoms. The Hall–Kier alpha value is -3.76. The lowest BCUT2D eigenvalue weighted by molar-refractivity contribution is -0.145. The molecule has 2 aromatic carbocycles. The van der Waals surface area contributed by atoms with Gasteiger partial charge in [-0.15, -0.1) is 10.2 Å². The van der Waals surface area contributed by atoms with Crippen molar-refractivity contribution >= 4 is 17.1 Å². The van der Waals surface area contributed by atoms with Gasteiger partial charge in [0, 0.05) is 17.6 Å². The van der Waals surface area contributed by atoms with Crippen LogP contribution in [0.15, 0.2) is 60.7 Å². The zero-order chi connectivity index (χ0) is 26.9. The number of benzene rings is 2. The summed E-state index contributed by atoms with van der Waals surface area (Å²) >= 11 is 0. The topological polar surface area (TPSA) is 110 Å². The van der Waals surface area contributed by atoms with Gasteiger partial charge in [0.15, 0.2) is 0 Å². The molecule has 0 amide bonds. The molecular formula is C27H30F2N4O4. The van der Waals surface area contributed by atoms with E-state index in [4.69, 9.17) is 4.74 Å². The number of esters is 1. The Kier molecular flexibility index (Phi) is 9.76. The van der Waals surface area contributed by atoms with Crippen LogP contribution in [0.4, 0.5) is 8.78 Å². The minimum absolute atomic E-state index is 0.0739. The Balaban J connectivity index is 2.08. The fourth-order valence-electron chi connectivity index (χ4n) is 3.59. The Morgan fingerprint density at radius 2 is 1.59 bits per heavy atom. The molecule has 0 radical (unpaired) electrons. The molecule has 8 nitrogen and oxygen atoms in total. The van der Waals surface area contributed by atoms with Crippen LogP contribution < -0.4 is 0 Å². The number of hydrogen-bond acceptors (Lipinski definition) is 7. The van der Waals surface area contributed by atoms with Crippen LogP contribution in [-0.2, 0) is 9.53 Å². The summed E-state index contributed by atoms with van der Waals surface area (Å²) in [5.41, 5.74) is 2.19. The van der Waals surface area contributed by atoms with Gasteiger partial charge in [0.05, 0.1) is 31.3 Å². The predicted molar refractivity (Wildman–Crippen MR) is 134 cm³/mol. The van der Waals surface area contributed by atoms with E-state index in [-0.39, 0.29) is 31.3 Å². The van der Waals surface area contributed by atoms with Crippen LogP contribution in [0.3, 0.4) is 0 Å². The van der Waals surface area contributed by atoms with Crippen molar-refractivity contribution in [2.75, 3.05) is 6.61 Å². The number of allylic oxidation sites excluding steroid dienone is 2. The third-order valence-electron chi connectivity index (χ3n) is 5.37. The van der Waals surface area contributed by atoms with E-state index in [1.807, 2.05) is 13.8 Å². The van der Waals surface area contributed by atoms with Crippen LogP contribution in [0.1, 0.15) is 56.6 Å². The van der Waals surface area contributed by atoms with Crippen molar-refractivity contribution in [3.05, 3.63) is 89.3 Å². The third-order valence-corrected chi connectivity index (χ3v) is 5.37. The second kappa shape index (κ2) is 13.0. The molecule has 0 bridgehead atoms. The standard InChI is InChI=1S/C27H30F2N4O4/c1-4-37-25(36)16-23(35)15-22(34)13-14-24(27-30-32-33(31-27)17(2)3)26(18-5-9-20(28)10-6-18)19-7-11-21(29)12-8-19/h5-14,17,22-23,34-35H,4,15-16H2,1-3H3. The summed E-state index contributed by atoms with van der Waals surface area (Å²) in [6.45, 7) is 5.64. The molecule has 0 saturated carbocycles. The number of carbonyl (C=O) groups excluding carboxylic acids is 1. The maximum atomic E-state index is 13.7. The van der Waals surface area contributed by atoms with Crippen molar-refractivity contribution in [3.63, 3.8) is 0 Å². The van der Waals surface area contributed by atoms with Gasteiger partial charge in [-0.2, -0.15) is 4.80 Å².